The smallest absolute Gasteiger partial charge is 0.246 e. The largest absolute Gasteiger partial charge is 0.345 e. The van der Waals surface area contributed by atoms with Crippen LogP contribution < -0.4 is 11.1 Å². The summed E-state index contributed by atoms with van der Waals surface area (Å²) in [6.45, 7) is 3.54. The molecule has 1 unspecified atom stereocenters. The minimum Gasteiger partial charge on any atom is -0.345 e. The van der Waals surface area contributed by atoms with Crippen molar-refractivity contribution in [1.29, 1.82) is 0 Å². The number of Topliss-reactive ketones (excluding diaryl/α,β-unsaturated/α-hetero) is 1. The number of benzene rings is 1. The molecule has 0 aromatic heterocycles. The van der Waals surface area contributed by atoms with Crippen molar-refractivity contribution in [2.24, 2.45) is 11.7 Å². The first kappa shape index (κ1) is 21.5. The zero-order chi connectivity index (χ0) is 20.2. The Morgan fingerprint density at radius 1 is 1.37 bits per heavy atom. The van der Waals surface area contributed by atoms with Crippen LogP contribution in [-0.2, 0) is 19.6 Å². The van der Waals surface area contributed by atoms with Gasteiger partial charge in [-0.3, -0.25) is 9.59 Å². The molecule has 1 saturated heterocycles. The minimum absolute atomic E-state index is 0.0762. The molecule has 1 heterocycles. The maximum Gasteiger partial charge on any atom is 0.246 e. The molecule has 0 radical (unpaired) electrons. The average molecular weight is 399 g/mol. The van der Waals surface area contributed by atoms with Gasteiger partial charge in [0.25, 0.3) is 0 Å². The highest BCUT2D eigenvalue weighted by Crippen LogP contribution is 2.21. The Morgan fingerprint density at radius 2 is 2.04 bits per heavy atom. The molecule has 2 rings (SSSR count). The SMILES string of the molecule is CC(C)C[C@H](N)C(=O)NC1CCCN(S(=O)(=O)c2ccccc2F)CC1=O. The van der Waals surface area contributed by atoms with Gasteiger partial charge in [0, 0.05) is 6.54 Å². The summed E-state index contributed by atoms with van der Waals surface area (Å²) >= 11 is 0. The van der Waals surface area contributed by atoms with Crippen LogP contribution in [-0.4, -0.2) is 49.6 Å². The van der Waals surface area contributed by atoms with E-state index in [9.17, 15) is 22.4 Å². The van der Waals surface area contributed by atoms with Gasteiger partial charge in [0.2, 0.25) is 15.9 Å². The van der Waals surface area contributed by atoms with Gasteiger partial charge in [0.05, 0.1) is 18.6 Å². The third kappa shape index (κ3) is 5.33. The van der Waals surface area contributed by atoms with Crippen LogP contribution in [0.5, 0.6) is 0 Å². The number of ketones is 1. The number of sulfonamides is 1. The topological polar surface area (TPSA) is 110 Å². The number of nitrogens with two attached hydrogens (primary N) is 1. The van der Waals surface area contributed by atoms with Gasteiger partial charge in [-0.05, 0) is 37.3 Å². The van der Waals surface area contributed by atoms with Gasteiger partial charge in [-0.2, -0.15) is 4.31 Å². The molecule has 0 aliphatic carbocycles. The van der Waals surface area contributed by atoms with Crippen LogP contribution in [0.1, 0.15) is 33.1 Å². The molecule has 9 heteroatoms. The van der Waals surface area contributed by atoms with Gasteiger partial charge in [0.15, 0.2) is 5.78 Å². The van der Waals surface area contributed by atoms with Crippen LogP contribution in [0.3, 0.4) is 0 Å². The monoisotopic (exact) mass is 399 g/mol. The van der Waals surface area contributed by atoms with E-state index in [1.54, 1.807) is 0 Å². The van der Waals surface area contributed by atoms with Crippen molar-refractivity contribution >= 4 is 21.7 Å². The van der Waals surface area contributed by atoms with E-state index in [-0.39, 0.29) is 12.5 Å². The van der Waals surface area contributed by atoms with Crippen molar-refractivity contribution in [3.63, 3.8) is 0 Å². The highest BCUT2D eigenvalue weighted by Gasteiger charge is 2.34. The predicted molar refractivity (Wildman–Crippen MR) is 98.8 cm³/mol. The molecule has 1 amide bonds. The van der Waals surface area contributed by atoms with Crippen LogP contribution in [0.25, 0.3) is 0 Å². The van der Waals surface area contributed by atoms with E-state index in [1.165, 1.54) is 18.2 Å². The number of hydrogen-bond donors (Lipinski definition) is 2. The van der Waals surface area contributed by atoms with E-state index in [1.807, 2.05) is 13.8 Å². The fourth-order valence-electron chi connectivity index (χ4n) is 3.04. The summed E-state index contributed by atoms with van der Waals surface area (Å²) in [7, 11) is -4.13. The Morgan fingerprint density at radius 3 is 2.67 bits per heavy atom. The first-order valence-electron chi connectivity index (χ1n) is 8.96. The fraction of sp³-hybridized carbons (Fsp3) is 0.556. The van der Waals surface area contributed by atoms with E-state index < -0.39 is 51.1 Å². The lowest BCUT2D eigenvalue weighted by molar-refractivity contribution is -0.128. The van der Waals surface area contributed by atoms with E-state index in [0.29, 0.717) is 19.3 Å². The van der Waals surface area contributed by atoms with E-state index in [2.05, 4.69) is 5.32 Å². The quantitative estimate of drug-likeness (QED) is 0.743. The van der Waals surface area contributed by atoms with Gasteiger partial charge in [-0.15, -0.1) is 0 Å². The molecule has 7 nitrogen and oxygen atoms in total. The maximum absolute atomic E-state index is 13.9. The number of amides is 1. The van der Waals surface area contributed by atoms with Gasteiger partial charge in [0.1, 0.15) is 10.7 Å². The van der Waals surface area contributed by atoms with Gasteiger partial charge >= 0.3 is 0 Å². The summed E-state index contributed by atoms with van der Waals surface area (Å²) in [6, 6.07) is 3.54. The molecule has 0 spiro atoms. The normalized spacial score (nSPS) is 20.3. The molecule has 1 aromatic rings. The van der Waals surface area contributed by atoms with Crippen LogP contribution in [0.2, 0.25) is 0 Å². The third-order valence-electron chi connectivity index (χ3n) is 4.45. The number of nitrogens with zero attached hydrogens (tertiary/aromatic N) is 1. The maximum atomic E-state index is 13.9. The van der Waals surface area contributed by atoms with Crippen LogP contribution in [0.4, 0.5) is 4.39 Å². The first-order chi connectivity index (χ1) is 12.6. The van der Waals surface area contributed by atoms with Crippen LogP contribution in [0, 0.1) is 11.7 Å². The van der Waals surface area contributed by atoms with Crippen molar-refractivity contribution in [1.82, 2.24) is 9.62 Å². The number of hydrogen-bond acceptors (Lipinski definition) is 5. The summed E-state index contributed by atoms with van der Waals surface area (Å²) in [4.78, 5) is 24.2. The number of nitrogens with one attached hydrogen (secondary N) is 1. The van der Waals surface area contributed by atoms with Crippen LogP contribution in [0.15, 0.2) is 29.2 Å². The molecular formula is C18H26FN3O4S. The molecule has 1 fully saturated rings. The summed E-state index contributed by atoms with van der Waals surface area (Å²) < 4.78 is 40.3. The molecule has 150 valence electrons. The Balaban J connectivity index is 2.10. The Bertz CT molecular complexity index is 798. The zero-order valence-corrected chi connectivity index (χ0v) is 16.3. The summed E-state index contributed by atoms with van der Waals surface area (Å²) in [5.74, 6) is -1.49. The van der Waals surface area contributed by atoms with Gasteiger partial charge < -0.3 is 11.1 Å². The highest BCUT2D eigenvalue weighted by molar-refractivity contribution is 7.89. The van der Waals surface area contributed by atoms with E-state index in [0.717, 1.165) is 10.4 Å². The van der Waals surface area contributed by atoms with Crippen LogP contribution >= 0.6 is 0 Å². The highest BCUT2D eigenvalue weighted by atomic mass is 32.2. The molecule has 1 aliphatic heterocycles. The summed E-state index contributed by atoms with van der Waals surface area (Å²) in [5.41, 5.74) is 5.84. The molecular weight excluding hydrogens is 373 g/mol. The van der Waals surface area contributed by atoms with Crippen molar-refractivity contribution < 1.29 is 22.4 Å². The molecule has 0 saturated carbocycles. The zero-order valence-electron chi connectivity index (χ0n) is 15.5. The second kappa shape index (κ2) is 8.90. The lowest BCUT2D eigenvalue weighted by Crippen LogP contribution is -2.50. The lowest BCUT2D eigenvalue weighted by Gasteiger charge is -2.21. The van der Waals surface area contributed by atoms with E-state index in [4.69, 9.17) is 5.73 Å². The van der Waals surface area contributed by atoms with Gasteiger partial charge in [-0.1, -0.05) is 26.0 Å². The number of rotatable bonds is 6. The predicted octanol–water partition coefficient (Wildman–Crippen LogP) is 1.04. The van der Waals surface area contributed by atoms with Crippen molar-refractivity contribution in [3.05, 3.63) is 30.1 Å². The first-order valence-corrected chi connectivity index (χ1v) is 10.4. The average Bonchev–Trinajstić information content (AvgIpc) is 2.77. The molecule has 2 atom stereocenters. The second-order valence-corrected chi connectivity index (χ2v) is 9.08. The molecule has 1 aromatic carbocycles. The van der Waals surface area contributed by atoms with Crippen molar-refractivity contribution in [2.75, 3.05) is 13.1 Å². The van der Waals surface area contributed by atoms with Gasteiger partial charge in [-0.25, -0.2) is 12.8 Å². The molecule has 27 heavy (non-hydrogen) atoms. The number of halogens is 1. The molecule has 3 N–H and O–H groups in total. The lowest BCUT2D eigenvalue weighted by atomic mass is 10.0. The minimum atomic E-state index is -4.13. The Labute approximate surface area is 159 Å². The fourth-order valence-corrected chi connectivity index (χ4v) is 4.55. The molecule has 0 bridgehead atoms. The second-order valence-electron chi connectivity index (χ2n) is 7.17. The Hall–Kier alpha value is -1.84. The van der Waals surface area contributed by atoms with E-state index >= 15 is 0 Å². The number of carbonyl (C=O) groups excluding carboxylic acids is 2. The molecule has 1 aliphatic rings. The summed E-state index contributed by atoms with van der Waals surface area (Å²) in [6.07, 6.45) is 1.16. The third-order valence-corrected chi connectivity index (χ3v) is 6.33. The Kier molecular flexibility index (Phi) is 7.07. The summed E-state index contributed by atoms with van der Waals surface area (Å²) in [5, 5.41) is 2.63. The van der Waals surface area contributed by atoms with Crippen molar-refractivity contribution in [2.45, 2.75) is 50.1 Å². The van der Waals surface area contributed by atoms with Crippen molar-refractivity contribution in [3.8, 4) is 0 Å². The number of carbonyl (C=O) groups is 2. The standard InChI is InChI=1S/C18H26FN3O4S/c1-12(2)10-14(20)18(24)21-15-7-5-9-22(11-16(15)23)27(25,26)17-8-4-3-6-13(17)19/h3-4,6,8,12,14-15H,5,7,9-11,20H2,1-2H3,(H,21,24)/t14-,15?/m0/s1.